The Balaban J connectivity index is 1.41. The average Bonchev–Trinajstić information content (AvgIpc) is 3.24. The summed E-state index contributed by atoms with van der Waals surface area (Å²) in [5, 5.41) is 0. The monoisotopic (exact) mass is 398 g/mol. The highest BCUT2D eigenvalue weighted by Gasteiger charge is 2.23. The molecular weight excluding hydrogens is 376 g/mol. The maximum Gasteiger partial charge on any atom is 0.178 e. The highest BCUT2D eigenvalue weighted by Crippen LogP contribution is 2.27. The lowest BCUT2D eigenvalue weighted by molar-refractivity contribution is 0.0723. The molecule has 0 saturated carbocycles. The van der Waals surface area contributed by atoms with Crippen LogP contribution in [0.25, 0.3) is 11.4 Å². The number of benzene rings is 2. The van der Waals surface area contributed by atoms with Crippen molar-refractivity contribution in [3.63, 3.8) is 0 Å². The summed E-state index contributed by atoms with van der Waals surface area (Å²) in [4.78, 5) is 7.60. The first-order valence-corrected chi connectivity index (χ1v) is 10.9. The summed E-state index contributed by atoms with van der Waals surface area (Å²) in [6.45, 7) is 1.29. The molecule has 1 fully saturated rings. The maximum absolute atomic E-state index is 12.6. The fourth-order valence-corrected chi connectivity index (χ4v) is 4.97. The van der Waals surface area contributed by atoms with Gasteiger partial charge < -0.3 is 14.5 Å². The second-order valence-corrected chi connectivity index (χ2v) is 8.91. The van der Waals surface area contributed by atoms with Crippen molar-refractivity contribution < 1.29 is 17.9 Å². The summed E-state index contributed by atoms with van der Waals surface area (Å²) < 4.78 is 36.4. The fraction of sp³-hybridized carbons (Fsp3) is 0.286. The van der Waals surface area contributed by atoms with Gasteiger partial charge >= 0.3 is 0 Å². The van der Waals surface area contributed by atoms with E-state index in [9.17, 15) is 8.42 Å². The normalized spacial score (nSPS) is 15.4. The van der Waals surface area contributed by atoms with Crippen LogP contribution in [0.3, 0.4) is 0 Å². The van der Waals surface area contributed by atoms with Gasteiger partial charge in [0, 0.05) is 31.2 Å². The number of rotatable bonds is 6. The van der Waals surface area contributed by atoms with Crippen LogP contribution in [0.15, 0.2) is 65.8 Å². The molecule has 0 aliphatic carbocycles. The van der Waals surface area contributed by atoms with E-state index in [0.29, 0.717) is 29.6 Å². The van der Waals surface area contributed by atoms with Gasteiger partial charge in [0.1, 0.15) is 17.3 Å². The van der Waals surface area contributed by atoms with Crippen LogP contribution in [-0.4, -0.2) is 37.4 Å². The zero-order valence-electron chi connectivity index (χ0n) is 15.4. The molecule has 0 spiro atoms. The summed E-state index contributed by atoms with van der Waals surface area (Å²) in [7, 11) is -3.30. The van der Waals surface area contributed by atoms with Crippen molar-refractivity contribution in [3.05, 3.63) is 60.9 Å². The number of H-pyrrole nitrogens is 1. The first kappa shape index (κ1) is 18.7. The summed E-state index contributed by atoms with van der Waals surface area (Å²) in [5.74, 6) is 2.40. The Kier molecular flexibility index (Phi) is 5.45. The average molecular weight is 398 g/mol. The van der Waals surface area contributed by atoms with E-state index in [0.717, 1.165) is 24.2 Å². The van der Waals surface area contributed by atoms with E-state index in [1.807, 2.05) is 24.3 Å². The van der Waals surface area contributed by atoms with Crippen molar-refractivity contribution in [1.29, 1.82) is 0 Å². The molecule has 146 valence electrons. The number of imidazole rings is 1. The summed E-state index contributed by atoms with van der Waals surface area (Å²) in [5.41, 5.74) is 0.965. The number of aromatic nitrogens is 2. The number of nitrogens with one attached hydrogen (secondary N) is 1. The van der Waals surface area contributed by atoms with Crippen LogP contribution in [-0.2, 0) is 14.6 Å². The van der Waals surface area contributed by atoms with Gasteiger partial charge in [-0.25, -0.2) is 13.4 Å². The molecule has 1 N–H and O–H groups in total. The molecule has 28 heavy (non-hydrogen) atoms. The van der Waals surface area contributed by atoms with Gasteiger partial charge in [0.15, 0.2) is 9.84 Å². The fourth-order valence-electron chi connectivity index (χ4n) is 3.27. The van der Waals surface area contributed by atoms with Crippen molar-refractivity contribution >= 4 is 9.84 Å². The third kappa shape index (κ3) is 4.43. The molecule has 2 heterocycles. The summed E-state index contributed by atoms with van der Waals surface area (Å²) in [6.07, 6.45) is 5.08. The van der Waals surface area contributed by atoms with Gasteiger partial charge in [0.25, 0.3) is 0 Å². The van der Waals surface area contributed by atoms with E-state index in [4.69, 9.17) is 9.47 Å². The van der Waals surface area contributed by atoms with Crippen LogP contribution in [0.1, 0.15) is 12.8 Å². The van der Waals surface area contributed by atoms with Crippen molar-refractivity contribution in [1.82, 2.24) is 9.97 Å². The van der Waals surface area contributed by atoms with Gasteiger partial charge in [-0.3, -0.25) is 0 Å². The predicted octanol–water partition coefficient (Wildman–Crippen LogP) is 4.07. The van der Waals surface area contributed by atoms with Crippen LogP contribution < -0.4 is 4.74 Å². The molecule has 0 radical (unpaired) electrons. The van der Waals surface area contributed by atoms with E-state index >= 15 is 0 Å². The Morgan fingerprint density at radius 2 is 1.64 bits per heavy atom. The molecule has 4 rings (SSSR count). The zero-order valence-corrected chi connectivity index (χ0v) is 16.2. The Hall–Kier alpha value is -2.64. The van der Waals surface area contributed by atoms with E-state index in [1.54, 1.807) is 36.7 Å². The molecule has 0 amide bonds. The zero-order chi connectivity index (χ0) is 19.4. The lowest BCUT2D eigenvalue weighted by atomic mass is 10.0. The molecule has 1 saturated heterocycles. The summed E-state index contributed by atoms with van der Waals surface area (Å²) >= 11 is 0. The molecule has 6 nitrogen and oxygen atoms in total. The van der Waals surface area contributed by atoms with Gasteiger partial charge in [0.05, 0.1) is 10.6 Å². The molecule has 0 bridgehead atoms. The minimum absolute atomic E-state index is 0.169. The second-order valence-electron chi connectivity index (χ2n) is 6.87. The largest absolute Gasteiger partial charge is 0.457 e. The van der Waals surface area contributed by atoms with Crippen LogP contribution in [0.5, 0.6) is 11.5 Å². The van der Waals surface area contributed by atoms with E-state index in [2.05, 4.69) is 9.97 Å². The lowest BCUT2D eigenvalue weighted by Crippen LogP contribution is -2.23. The molecule has 7 heteroatoms. The van der Waals surface area contributed by atoms with Gasteiger partial charge in [0.2, 0.25) is 0 Å². The number of hydrogen-bond acceptors (Lipinski definition) is 5. The van der Waals surface area contributed by atoms with Crippen LogP contribution >= 0.6 is 0 Å². The number of ether oxygens (including phenoxy) is 2. The van der Waals surface area contributed by atoms with E-state index in [-0.39, 0.29) is 11.7 Å². The van der Waals surface area contributed by atoms with Crippen molar-refractivity contribution in [2.75, 3.05) is 19.0 Å². The van der Waals surface area contributed by atoms with Crippen molar-refractivity contribution in [2.45, 2.75) is 17.7 Å². The van der Waals surface area contributed by atoms with Gasteiger partial charge in [-0.05, 0) is 67.3 Å². The van der Waals surface area contributed by atoms with Crippen molar-refractivity contribution in [3.8, 4) is 22.9 Å². The quantitative estimate of drug-likeness (QED) is 0.677. The smallest absolute Gasteiger partial charge is 0.178 e. The van der Waals surface area contributed by atoms with Gasteiger partial charge in [-0.2, -0.15) is 0 Å². The second kappa shape index (κ2) is 8.16. The maximum atomic E-state index is 12.6. The molecule has 0 atom stereocenters. The highest BCUT2D eigenvalue weighted by molar-refractivity contribution is 7.91. The first-order valence-electron chi connectivity index (χ1n) is 9.28. The Bertz CT molecular complexity index is 992. The number of hydrogen-bond donors (Lipinski definition) is 1. The SMILES string of the molecule is O=S(=O)(CC1CCOCC1)c1ccc(Oc2ccc(-c3ncc[nH]3)cc2)cc1. The molecular formula is C21H22N2O4S. The molecule has 1 aliphatic rings. The molecule has 0 unspecified atom stereocenters. The molecule has 1 aliphatic heterocycles. The highest BCUT2D eigenvalue weighted by atomic mass is 32.2. The summed E-state index contributed by atoms with van der Waals surface area (Å²) in [6, 6.07) is 14.2. The minimum Gasteiger partial charge on any atom is -0.457 e. The topological polar surface area (TPSA) is 81.3 Å². The predicted molar refractivity (Wildman–Crippen MR) is 106 cm³/mol. The van der Waals surface area contributed by atoms with Gasteiger partial charge in [-0.15, -0.1) is 0 Å². The Labute approximate surface area is 164 Å². The van der Waals surface area contributed by atoms with Crippen LogP contribution in [0.2, 0.25) is 0 Å². The minimum atomic E-state index is -3.30. The van der Waals surface area contributed by atoms with E-state index in [1.165, 1.54) is 0 Å². The number of aromatic amines is 1. The molecule has 1 aromatic heterocycles. The van der Waals surface area contributed by atoms with E-state index < -0.39 is 9.84 Å². The Morgan fingerprint density at radius 3 is 2.25 bits per heavy atom. The van der Waals surface area contributed by atoms with Crippen molar-refractivity contribution in [2.24, 2.45) is 5.92 Å². The van der Waals surface area contributed by atoms with Gasteiger partial charge in [-0.1, -0.05) is 0 Å². The third-order valence-electron chi connectivity index (χ3n) is 4.84. The first-order chi connectivity index (χ1) is 13.6. The van der Waals surface area contributed by atoms with Crippen LogP contribution in [0.4, 0.5) is 0 Å². The Morgan fingerprint density at radius 1 is 1.00 bits per heavy atom. The molecule has 2 aromatic carbocycles. The standard InChI is InChI=1S/C21H22N2O4S/c24-28(25,15-16-9-13-26-14-10-16)20-7-5-19(6-8-20)27-18-3-1-17(2-4-18)21-22-11-12-23-21/h1-8,11-12,16H,9-10,13-15H2,(H,22,23). The lowest BCUT2D eigenvalue weighted by Gasteiger charge is -2.21. The third-order valence-corrected chi connectivity index (χ3v) is 6.74. The number of nitrogens with zero attached hydrogens (tertiary/aromatic N) is 1. The number of sulfone groups is 1. The van der Waals surface area contributed by atoms with Crippen LogP contribution in [0, 0.1) is 5.92 Å². The molecule has 3 aromatic rings.